The molecule has 0 saturated heterocycles. The standard InChI is InChI=1S/C18H24O4.H2O/c1-18-7-6-12-11-5-3-10(19)8-9(11)2-4-13(12)14(18)15(20)16(21)17(18)22;/h3,5,8,12-17,19-22H,2,4,6-7H2,1H3;1H2/t12-,13-,14-,15+,16-,17-,18+;/m1./s1. The SMILES string of the molecule is C[C@]12CC[C@@H]3c4ccc(O)cc4CC[C@H]3[C@@H]1[C@H](O)[C@@H](O)[C@H]2O.O. The maximum atomic E-state index is 10.5. The van der Waals surface area contributed by atoms with E-state index >= 15 is 0 Å². The van der Waals surface area contributed by atoms with Gasteiger partial charge in [0.1, 0.15) is 11.9 Å². The third-order valence-electron chi connectivity index (χ3n) is 6.72. The fourth-order valence-corrected chi connectivity index (χ4v) is 5.62. The summed E-state index contributed by atoms with van der Waals surface area (Å²) >= 11 is 0. The zero-order valence-electron chi connectivity index (χ0n) is 13.3. The van der Waals surface area contributed by atoms with Crippen LogP contribution in [0.2, 0.25) is 0 Å². The quantitative estimate of drug-likeness (QED) is 0.564. The summed E-state index contributed by atoms with van der Waals surface area (Å²) in [6.07, 6.45) is 0.894. The van der Waals surface area contributed by atoms with Gasteiger partial charge in [-0.2, -0.15) is 0 Å². The Bertz CT molecular complexity index is 603. The number of aryl methyl sites for hydroxylation is 1. The van der Waals surface area contributed by atoms with Crippen molar-refractivity contribution in [3.8, 4) is 5.75 Å². The van der Waals surface area contributed by atoms with Crippen molar-refractivity contribution in [2.75, 3.05) is 0 Å². The molecule has 7 atom stereocenters. The van der Waals surface area contributed by atoms with Gasteiger partial charge in [0.15, 0.2) is 0 Å². The predicted molar refractivity (Wildman–Crippen MR) is 85.1 cm³/mol. The van der Waals surface area contributed by atoms with E-state index in [9.17, 15) is 20.4 Å². The van der Waals surface area contributed by atoms with Crippen molar-refractivity contribution < 1.29 is 25.9 Å². The van der Waals surface area contributed by atoms with Crippen LogP contribution < -0.4 is 0 Å². The van der Waals surface area contributed by atoms with Gasteiger partial charge in [-0.3, -0.25) is 0 Å². The molecule has 0 bridgehead atoms. The van der Waals surface area contributed by atoms with E-state index in [0.29, 0.717) is 11.7 Å². The Balaban J connectivity index is 0.00000156. The van der Waals surface area contributed by atoms with Gasteiger partial charge < -0.3 is 25.9 Å². The van der Waals surface area contributed by atoms with Gasteiger partial charge in [-0.05, 0) is 66.7 Å². The highest BCUT2D eigenvalue weighted by molar-refractivity contribution is 5.40. The number of fused-ring (bicyclic) bond motifs is 5. The minimum atomic E-state index is -1.03. The van der Waals surface area contributed by atoms with Gasteiger partial charge in [0, 0.05) is 5.41 Å². The number of benzene rings is 1. The second kappa shape index (κ2) is 5.45. The van der Waals surface area contributed by atoms with Crippen LogP contribution in [0.15, 0.2) is 18.2 Å². The highest BCUT2D eigenvalue weighted by Gasteiger charge is 2.62. The number of phenolic OH excluding ortho intramolecular Hbond substituents is 1. The average Bonchev–Trinajstić information content (AvgIpc) is 2.68. The summed E-state index contributed by atoms with van der Waals surface area (Å²) in [5.74, 6) is 0.898. The summed E-state index contributed by atoms with van der Waals surface area (Å²) in [5, 5.41) is 40.7. The van der Waals surface area contributed by atoms with Gasteiger partial charge in [-0.1, -0.05) is 13.0 Å². The lowest BCUT2D eigenvalue weighted by Gasteiger charge is -2.50. The van der Waals surface area contributed by atoms with Crippen molar-refractivity contribution in [2.24, 2.45) is 17.3 Å². The summed E-state index contributed by atoms with van der Waals surface area (Å²) in [4.78, 5) is 0. The normalized spacial score (nSPS) is 44.7. The molecule has 0 radical (unpaired) electrons. The van der Waals surface area contributed by atoms with Crippen molar-refractivity contribution in [3.05, 3.63) is 29.3 Å². The van der Waals surface area contributed by atoms with Gasteiger partial charge in [-0.15, -0.1) is 0 Å². The first-order valence-electron chi connectivity index (χ1n) is 8.29. The monoisotopic (exact) mass is 322 g/mol. The summed E-state index contributed by atoms with van der Waals surface area (Å²) in [6.45, 7) is 2.02. The first-order chi connectivity index (χ1) is 10.4. The molecule has 6 N–H and O–H groups in total. The topological polar surface area (TPSA) is 112 Å². The lowest BCUT2D eigenvalue weighted by atomic mass is 9.55. The average molecular weight is 322 g/mol. The highest BCUT2D eigenvalue weighted by Crippen LogP contribution is 2.60. The van der Waals surface area contributed by atoms with E-state index in [1.807, 2.05) is 19.1 Å². The molecule has 0 amide bonds. The number of hydrogen-bond acceptors (Lipinski definition) is 4. The predicted octanol–water partition coefficient (Wildman–Crippen LogP) is 0.726. The van der Waals surface area contributed by atoms with E-state index in [0.717, 1.165) is 25.7 Å². The molecule has 128 valence electrons. The molecule has 0 heterocycles. The van der Waals surface area contributed by atoms with Crippen molar-refractivity contribution in [1.82, 2.24) is 0 Å². The fourth-order valence-electron chi connectivity index (χ4n) is 5.62. The van der Waals surface area contributed by atoms with Crippen LogP contribution in [0, 0.1) is 17.3 Å². The van der Waals surface area contributed by atoms with Gasteiger partial charge in [0.25, 0.3) is 0 Å². The molecule has 5 nitrogen and oxygen atoms in total. The molecule has 0 unspecified atom stereocenters. The molecule has 2 fully saturated rings. The van der Waals surface area contributed by atoms with Crippen LogP contribution in [0.1, 0.15) is 43.2 Å². The van der Waals surface area contributed by atoms with Crippen LogP contribution in [0.4, 0.5) is 0 Å². The van der Waals surface area contributed by atoms with E-state index in [-0.39, 0.29) is 17.3 Å². The van der Waals surface area contributed by atoms with E-state index in [2.05, 4.69) is 0 Å². The Morgan fingerprint density at radius 2 is 1.83 bits per heavy atom. The molecule has 1 aromatic rings. The number of hydrogen-bond donors (Lipinski definition) is 4. The van der Waals surface area contributed by atoms with Crippen molar-refractivity contribution in [1.29, 1.82) is 0 Å². The van der Waals surface area contributed by atoms with Gasteiger partial charge in [0.2, 0.25) is 0 Å². The Morgan fingerprint density at radius 1 is 1.09 bits per heavy atom. The third-order valence-corrected chi connectivity index (χ3v) is 6.72. The van der Waals surface area contributed by atoms with E-state index in [1.165, 1.54) is 11.1 Å². The number of aliphatic hydroxyl groups excluding tert-OH is 3. The molecule has 1 aromatic carbocycles. The third kappa shape index (κ3) is 2.14. The number of aliphatic hydroxyl groups is 3. The Hall–Kier alpha value is -1.14. The molecular weight excluding hydrogens is 296 g/mol. The first kappa shape index (κ1) is 16.7. The van der Waals surface area contributed by atoms with Gasteiger partial charge >= 0.3 is 0 Å². The van der Waals surface area contributed by atoms with E-state index in [1.54, 1.807) is 6.07 Å². The molecule has 5 heteroatoms. The largest absolute Gasteiger partial charge is 0.508 e. The maximum absolute atomic E-state index is 10.5. The van der Waals surface area contributed by atoms with Crippen LogP contribution in [-0.2, 0) is 6.42 Å². The molecule has 3 aliphatic rings. The fraction of sp³-hybridized carbons (Fsp3) is 0.667. The molecule has 0 aliphatic heterocycles. The van der Waals surface area contributed by atoms with Gasteiger partial charge in [0.05, 0.1) is 12.2 Å². The second-order valence-electron chi connectivity index (χ2n) is 7.69. The van der Waals surface area contributed by atoms with Crippen molar-refractivity contribution >= 4 is 0 Å². The number of aromatic hydroxyl groups is 1. The second-order valence-corrected chi connectivity index (χ2v) is 7.69. The molecule has 3 aliphatic carbocycles. The summed E-state index contributed by atoms with van der Waals surface area (Å²) in [6, 6.07) is 5.61. The van der Waals surface area contributed by atoms with Crippen LogP contribution in [-0.4, -0.2) is 44.2 Å². The van der Waals surface area contributed by atoms with Crippen molar-refractivity contribution in [2.45, 2.75) is 56.8 Å². The highest BCUT2D eigenvalue weighted by atomic mass is 16.4. The Morgan fingerprint density at radius 3 is 2.57 bits per heavy atom. The molecule has 4 rings (SSSR count). The van der Waals surface area contributed by atoms with Crippen LogP contribution >= 0.6 is 0 Å². The Labute approximate surface area is 135 Å². The molecule has 2 saturated carbocycles. The molecule has 23 heavy (non-hydrogen) atoms. The van der Waals surface area contributed by atoms with Crippen LogP contribution in [0.5, 0.6) is 5.75 Å². The molecule has 0 spiro atoms. The molecule has 0 aromatic heterocycles. The summed E-state index contributed by atoms with van der Waals surface area (Å²) < 4.78 is 0. The zero-order chi connectivity index (χ0) is 15.6. The lowest BCUT2D eigenvalue weighted by molar-refractivity contribution is -0.0505. The summed E-state index contributed by atoms with van der Waals surface area (Å²) in [5.41, 5.74) is 2.09. The van der Waals surface area contributed by atoms with Crippen LogP contribution in [0.3, 0.4) is 0 Å². The van der Waals surface area contributed by atoms with Gasteiger partial charge in [-0.25, -0.2) is 0 Å². The van der Waals surface area contributed by atoms with Crippen molar-refractivity contribution in [3.63, 3.8) is 0 Å². The number of rotatable bonds is 0. The molecular formula is C18H26O5. The smallest absolute Gasteiger partial charge is 0.115 e. The zero-order valence-corrected chi connectivity index (χ0v) is 13.3. The minimum Gasteiger partial charge on any atom is -0.508 e. The summed E-state index contributed by atoms with van der Waals surface area (Å²) in [7, 11) is 0. The van der Waals surface area contributed by atoms with E-state index < -0.39 is 23.7 Å². The maximum Gasteiger partial charge on any atom is 0.115 e. The lowest BCUT2D eigenvalue weighted by Crippen LogP contribution is -2.46. The first-order valence-corrected chi connectivity index (χ1v) is 8.29. The minimum absolute atomic E-state index is 0. The van der Waals surface area contributed by atoms with Crippen LogP contribution in [0.25, 0.3) is 0 Å². The number of phenols is 1. The Kier molecular flexibility index (Phi) is 3.96. The van der Waals surface area contributed by atoms with E-state index in [4.69, 9.17) is 0 Å².